The molecule has 0 spiro atoms. The monoisotopic (exact) mass is 553 g/mol. The number of ether oxygens (including phenoxy) is 1. The highest BCUT2D eigenvalue weighted by Crippen LogP contribution is 2.27. The van der Waals surface area contributed by atoms with Crippen LogP contribution >= 0.6 is 0 Å². The van der Waals surface area contributed by atoms with E-state index < -0.39 is 0 Å². The first kappa shape index (κ1) is 33.0. The summed E-state index contributed by atoms with van der Waals surface area (Å²) in [6.45, 7) is 20.9. The second kappa shape index (κ2) is 15.5. The largest absolute Gasteiger partial charge is 0.427 e. The van der Waals surface area contributed by atoms with Gasteiger partial charge in [-0.2, -0.15) is 0 Å². The Labute approximate surface area is 240 Å². The van der Waals surface area contributed by atoms with Gasteiger partial charge in [0.1, 0.15) is 5.75 Å². The van der Waals surface area contributed by atoms with Gasteiger partial charge in [-0.15, -0.1) is 0 Å². The number of nitrogens with one attached hydrogen (secondary N) is 2. The van der Waals surface area contributed by atoms with Crippen molar-refractivity contribution in [1.29, 1.82) is 0 Å². The lowest BCUT2D eigenvalue weighted by atomic mass is 10.1. The maximum atomic E-state index is 12.8. The van der Waals surface area contributed by atoms with E-state index in [-0.39, 0.29) is 30.7 Å². The van der Waals surface area contributed by atoms with Gasteiger partial charge >= 0.3 is 5.97 Å². The number of benzene rings is 2. The molecular weight excluding hydrogens is 504 g/mol. The van der Waals surface area contributed by atoms with E-state index in [1.165, 1.54) is 0 Å². The van der Waals surface area contributed by atoms with E-state index in [9.17, 15) is 14.4 Å². The maximum absolute atomic E-state index is 12.8. The number of anilines is 2. The number of amides is 2. The number of likely N-dealkylation sites (N-methyl/N-ethyl adjacent to an activating group) is 2. The van der Waals surface area contributed by atoms with Crippen molar-refractivity contribution < 1.29 is 23.6 Å². The Morgan fingerprint density at radius 1 is 0.800 bits per heavy atom. The van der Waals surface area contributed by atoms with E-state index >= 15 is 0 Å². The fraction of sp³-hybridized carbons (Fsp3) is 0.531. The number of nitrogens with zero attached hydrogens (tertiary/aromatic N) is 2. The molecule has 0 bridgehead atoms. The molecule has 0 saturated heterocycles. The molecule has 0 saturated carbocycles. The third kappa shape index (κ3) is 9.45. The minimum atomic E-state index is -0.317. The summed E-state index contributed by atoms with van der Waals surface area (Å²) >= 11 is 0. The maximum Gasteiger partial charge on any atom is 0.311 e. The van der Waals surface area contributed by atoms with E-state index in [0.717, 1.165) is 57.7 Å². The SMILES string of the molecule is CCN(CCCC(=O)Oc1cc(C)c(NC(=O)C[N+](CC)(CC)CC)c(C)c1)CC(=O)Nc1c(C)cccc1C. The number of esters is 1. The van der Waals surface area contributed by atoms with Gasteiger partial charge in [0.2, 0.25) is 5.91 Å². The van der Waals surface area contributed by atoms with Gasteiger partial charge in [0.05, 0.1) is 26.2 Å². The summed E-state index contributed by atoms with van der Waals surface area (Å²) in [4.78, 5) is 40.0. The van der Waals surface area contributed by atoms with Gasteiger partial charge in [-0.05, 0) is 102 Å². The summed E-state index contributed by atoms with van der Waals surface area (Å²) in [5.41, 5.74) is 5.40. The van der Waals surface area contributed by atoms with Crippen LogP contribution in [0, 0.1) is 27.7 Å². The highest BCUT2D eigenvalue weighted by atomic mass is 16.5. The van der Waals surface area contributed by atoms with Crippen molar-refractivity contribution in [3.63, 3.8) is 0 Å². The third-order valence-corrected chi connectivity index (χ3v) is 7.91. The Kier molecular flexibility index (Phi) is 12.8. The van der Waals surface area contributed by atoms with Gasteiger partial charge in [0.25, 0.3) is 5.91 Å². The van der Waals surface area contributed by atoms with Crippen LogP contribution in [0.1, 0.15) is 62.8 Å². The first-order chi connectivity index (χ1) is 19.0. The van der Waals surface area contributed by atoms with Crippen molar-refractivity contribution >= 4 is 29.2 Å². The molecule has 8 nitrogen and oxygen atoms in total. The molecule has 0 aliphatic heterocycles. The van der Waals surface area contributed by atoms with Gasteiger partial charge in [-0.3, -0.25) is 19.3 Å². The van der Waals surface area contributed by atoms with E-state index in [1.54, 1.807) is 12.1 Å². The van der Waals surface area contributed by atoms with Gasteiger partial charge in [0, 0.05) is 17.8 Å². The van der Waals surface area contributed by atoms with Gasteiger partial charge < -0.3 is 19.9 Å². The van der Waals surface area contributed by atoms with E-state index in [2.05, 4.69) is 31.4 Å². The molecule has 0 heterocycles. The Morgan fingerprint density at radius 2 is 1.32 bits per heavy atom. The number of aryl methyl sites for hydroxylation is 4. The van der Waals surface area contributed by atoms with Crippen LogP contribution in [0.25, 0.3) is 0 Å². The molecular formula is C32H49N4O4+. The Balaban J connectivity index is 1.88. The van der Waals surface area contributed by atoms with Crippen LogP contribution in [0.4, 0.5) is 11.4 Å². The summed E-state index contributed by atoms with van der Waals surface area (Å²) in [5.74, 6) is 0.0787. The lowest BCUT2D eigenvalue weighted by molar-refractivity contribution is -0.915. The fourth-order valence-corrected chi connectivity index (χ4v) is 5.04. The fourth-order valence-electron chi connectivity index (χ4n) is 5.04. The minimum Gasteiger partial charge on any atom is -0.427 e. The molecule has 40 heavy (non-hydrogen) atoms. The number of hydrogen-bond donors (Lipinski definition) is 2. The zero-order valence-corrected chi connectivity index (χ0v) is 25.8. The zero-order valence-electron chi connectivity index (χ0n) is 25.8. The van der Waals surface area contributed by atoms with Gasteiger partial charge in [-0.1, -0.05) is 25.1 Å². The second-order valence-electron chi connectivity index (χ2n) is 10.7. The van der Waals surface area contributed by atoms with Crippen LogP contribution in [-0.4, -0.2) is 73.0 Å². The predicted octanol–water partition coefficient (Wildman–Crippen LogP) is 5.38. The van der Waals surface area contributed by atoms with Crippen molar-refractivity contribution in [1.82, 2.24) is 4.90 Å². The number of rotatable bonds is 15. The van der Waals surface area contributed by atoms with Crippen LogP contribution in [-0.2, 0) is 14.4 Å². The number of quaternary nitrogens is 1. The molecule has 0 unspecified atom stereocenters. The summed E-state index contributed by atoms with van der Waals surface area (Å²) in [6.07, 6.45) is 0.832. The molecule has 0 aliphatic carbocycles. The average Bonchev–Trinajstić information content (AvgIpc) is 2.91. The molecule has 0 atom stereocenters. The smallest absolute Gasteiger partial charge is 0.311 e. The lowest BCUT2D eigenvalue weighted by Crippen LogP contribution is -2.52. The van der Waals surface area contributed by atoms with Crippen LogP contribution in [0.5, 0.6) is 5.75 Å². The molecule has 0 aromatic heterocycles. The van der Waals surface area contributed by atoms with E-state index in [4.69, 9.17) is 4.74 Å². The van der Waals surface area contributed by atoms with Gasteiger partial charge in [0.15, 0.2) is 6.54 Å². The Morgan fingerprint density at radius 3 is 1.85 bits per heavy atom. The molecule has 220 valence electrons. The average molecular weight is 554 g/mol. The predicted molar refractivity (Wildman–Crippen MR) is 163 cm³/mol. The number of para-hydroxylation sites is 1. The molecule has 2 amide bonds. The number of carbonyl (C=O) groups is 3. The quantitative estimate of drug-likeness (QED) is 0.176. The molecule has 0 radical (unpaired) electrons. The van der Waals surface area contributed by atoms with E-state index in [0.29, 0.717) is 31.8 Å². The highest BCUT2D eigenvalue weighted by molar-refractivity contribution is 5.94. The molecule has 0 fully saturated rings. The summed E-state index contributed by atoms with van der Waals surface area (Å²) in [6, 6.07) is 9.52. The summed E-state index contributed by atoms with van der Waals surface area (Å²) < 4.78 is 6.36. The third-order valence-electron chi connectivity index (χ3n) is 7.91. The normalized spacial score (nSPS) is 11.4. The molecule has 0 aliphatic rings. The van der Waals surface area contributed by atoms with Crippen LogP contribution in [0.15, 0.2) is 30.3 Å². The van der Waals surface area contributed by atoms with E-state index in [1.807, 2.05) is 57.7 Å². The number of carbonyl (C=O) groups excluding carboxylic acids is 3. The van der Waals surface area contributed by atoms with Crippen LogP contribution < -0.4 is 15.4 Å². The van der Waals surface area contributed by atoms with Crippen molar-refractivity contribution in [3.8, 4) is 5.75 Å². The second-order valence-corrected chi connectivity index (χ2v) is 10.7. The molecule has 2 rings (SSSR count). The Bertz CT molecular complexity index is 1120. The lowest BCUT2D eigenvalue weighted by Gasteiger charge is -2.35. The van der Waals surface area contributed by atoms with Crippen LogP contribution in [0.3, 0.4) is 0 Å². The topological polar surface area (TPSA) is 87.7 Å². The van der Waals surface area contributed by atoms with Crippen molar-refractivity contribution in [3.05, 3.63) is 52.6 Å². The molecule has 2 N–H and O–H groups in total. The highest BCUT2D eigenvalue weighted by Gasteiger charge is 2.25. The molecule has 8 heteroatoms. The zero-order chi connectivity index (χ0) is 29.9. The molecule has 2 aromatic rings. The van der Waals surface area contributed by atoms with Crippen LogP contribution in [0.2, 0.25) is 0 Å². The molecule has 2 aromatic carbocycles. The summed E-state index contributed by atoms with van der Waals surface area (Å²) in [5, 5.41) is 6.10. The Hall–Kier alpha value is -3.23. The van der Waals surface area contributed by atoms with Crippen molar-refractivity contribution in [2.24, 2.45) is 0 Å². The van der Waals surface area contributed by atoms with Gasteiger partial charge in [-0.25, -0.2) is 0 Å². The standard InChI is InChI=1S/C32H48N4O4/c1-9-35(21-28(37)33-31-23(5)15-13-16-24(31)6)18-14-17-30(39)40-27-19-25(7)32(26(8)20-27)34-29(38)22-36(10-2,11-3)12-4/h13,15-16,19-20H,9-12,14,17-18,21-22H2,1-8H3,(H-,33,34,37,38)/p+1. The minimum absolute atomic E-state index is 0.00954. The first-order valence-corrected chi connectivity index (χ1v) is 14.5. The number of hydrogen-bond acceptors (Lipinski definition) is 5. The first-order valence-electron chi connectivity index (χ1n) is 14.5. The van der Waals surface area contributed by atoms with Crippen molar-refractivity contribution in [2.75, 3.05) is 56.4 Å². The van der Waals surface area contributed by atoms with Crippen molar-refractivity contribution in [2.45, 2.75) is 68.2 Å². The summed E-state index contributed by atoms with van der Waals surface area (Å²) in [7, 11) is 0.